The van der Waals surface area contributed by atoms with E-state index in [1.807, 2.05) is 0 Å². The Kier molecular flexibility index (Phi) is 4.79. The number of halogens is 1. The van der Waals surface area contributed by atoms with Gasteiger partial charge in [-0.1, -0.05) is 17.7 Å². The van der Waals surface area contributed by atoms with Gasteiger partial charge in [-0.3, -0.25) is 4.79 Å². The number of aromatic nitrogens is 1. The van der Waals surface area contributed by atoms with Crippen molar-refractivity contribution in [3.63, 3.8) is 0 Å². The second-order valence-electron chi connectivity index (χ2n) is 4.06. The number of rotatable bonds is 5. The Labute approximate surface area is 121 Å². The maximum Gasteiger partial charge on any atom is 0.228 e. The second-order valence-corrected chi connectivity index (χ2v) is 4.45. The van der Waals surface area contributed by atoms with Gasteiger partial charge in [0, 0.05) is 5.69 Å². The number of benzene rings is 1. The molecule has 0 aliphatic rings. The van der Waals surface area contributed by atoms with E-state index in [9.17, 15) is 4.79 Å². The molecule has 0 aliphatic carbocycles. The van der Waals surface area contributed by atoms with Gasteiger partial charge < -0.3 is 15.8 Å². The van der Waals surface area contributed by atoms with Crippen molar-refractivity contribution in [1.82, 2.24) is 4.98 Å². The number of nitrogen functional groups attached to an aromatic ring is 1. The Bertz CT molecular complexity index is 587. The molecule has 1 heterocycles. The quantitative estimate of drug-likeness (QED) is 0.656. The molecule has 0 unspecified atom stereocenters. The first-order chi connectivity index (χ1) is 9.63. The molecule has 0 bridgehead atoms. The van der Waals surface area contributed by atoms with E-state index in [4.69, 9.17) is 22.1 Å². The lowest BCUT2D eigenvalue weighted by molar-refractivity contribution is -0.116. The van der Waals surface area contributed by atoms with Gasteiger partial charge in [0.05, 0.1) is 13.0 Å². The van der Waals surface area contributed by atoms with Crippen molar-refractivity contribution >= 4 is 29.0 Å². The summed E-state index contributed by atoms with van der Waals surface area (Å²) in [5.74, 6) is 0.915. The molecule has 0 spiro atoms. The van der Waals surface area contributed by atoms with Gasteiger partial charge in [0.25, 0.3) is 0 Å². The maximum atomic E-state index is 11.7. The van der Waals surface area contributed by atoms with Crippen molar-refractivity contribution < 1.29 is 9.53 Å². The van der Waals surface area contributed by atoms with E-state index in [1.165, 1.54) is 0 Å². The van der Waals surface area contributed by atoms with Crippen molar-refractivity contribution in [3.8, 4) is 5.75 Å². The van der Waals surface area contributed by atoms with E-state index in [0.717, 1.165) is 0 Å². The summed E-state index contributed by atoms with van der Waals surface area (Å²) in [7, 11) is 0. The number of ether oxygens (including phenoxy) is 1. The lowest BCUT2D eigenvalue weighted by Gasteiger charge is -2.07. The Morgan fingerprint density at radius 2 is 2.00 bits per heavy atom. The maximum absolute atomic E-state index is 11.7. The molecule has 104 valence electrons. The van der Waals surface area contributed by atoms with Gasteiger partial charge in [-0.25, -0.2) is 4.98 Å². The van der Waals surface area contributed by atoms with Gasteiger partial charge in [0.15, 0.2) is 0 Å². The zero-order chi connectivity index (χ0) is 14.4. The zero-order valence-electron chi connectivity index (χ0n) is 10.7. The fourth-order valence-electron chi connectivity index (χ4n) is 1.51. The Hall–Kier alpha value is -2.27. The molecule has 1 aromatic heterocycles. The largest absolute Gasteiger partial charge is 0.493 e. The standard InChI is InChI=1S/C14H14ClN3O2/c15-12-2-1-3-13(17-12)18-14(19)8-9-20-11-6-4-10(16)5-7-11/h1-7H,8-9,16H2,(H,17,18,19). The van der Waals surface area contributed by atoms with Crippen LogP contribution in [0.2, 0.25) is 5.15 Å². The van der Waals surface area contributed by atoms with E-state index in [1.54, 1.807) is 42.5 Å². The van der Waals surface area contributed by atoms with Gasteiger partial charge >= 0.3 is 0 Å². The van der Waals surface area contributed by atoms with Gasteiger partial charge in [-0.15, -0.1) is 0 Å². The first-order valence-electron chi connectivity index (χ1n) is 6.04. The van der Waals surface area contributed by atoms with E-state index in [-0.39, 0.29) is 18.9 Å². The fraction of sp³-hybridized carbons (Fsp3) is 0.143. The zero-order valence-corrected chi connectivity index (χ0v) is 11.4. The van der Waals surface area contributed by atoms with Crippen molar-refractivity contribution in [2.75, 3.05) is 17.7 Å². The molecule has 2 rings (SSSR count). The minimum absolute atomic E-state index is 0.185. The summed E-state index contributed by atoms with van der Waals surface area (Å²) in [6, 6.07) is 12.0. The van der Waals surface area contributed by atoms with Crippen LogP contribution >= 0.6 is 11.6 Å². The van der Waals surface area contributed by atoms with Crippen molar-refractivity contribution in [2.45, 2.75) is 6.42 Å². The van der Waals surface area contributed by atoms with Gasteiger partial charge in [-0.05, 0) is 36.4 Å². The van der Waals surface area contributed by atoms with E-state index < -0.39 is 0 Å². The predicted octanol–water partition coefficient (Wildman–Crippen LogP) is 2.72. The molecule has 0 fully saturated rings. The third-order valence-corrected chi connectivity index (χ3v) is 2.67. The van der Waals surface area contributed by atoms with E-state index in [0.29, 0.717) is 22.4 Å². The molecule has 1 aromatic carbocycles. The Morgan fingerprint density at radius 3 is 2.70 bits per heavy atom. The summed E-state index contributed by atoms with van der Waals surface area (Å²) in [5.41, 5.74) is 6.23. The summed E-state index contributed by atoms with van der Waals surface area (Å²) in [4.78, 5) is 15.6. The summed E-state index contributed by atoms with van der Waals surface area (Å²) in [5, 5.41) is 2.98. The number of carbonyl (C=O) groups excluding carboxylic acids is 1. The highest BCUT2D eigenvalue weighted by atomic mass is 35.5. The van der Waals surface area contributed by atoms with Crippen molar-refractivity contribution in [1.29, 1.82) is 0 Å². The normalized spacial score (nSPS) is 10.1. The number of nitrogens with one attached hydrogen (secondary N) is 1. The SMILES string of the molecule is Nc1ccc(OCCC(=O)Nc2cccc(Cl)n2)cc1. The van der Waals surface area contributed by atoms with Crippen LogP contribution in [0.25, 0.3) is 0 Å². The third-order valence-electron chi connectivity index (χ3n) is 2.46. The number of hydrogen-bond acceptors (Lipinski definition) is 4. The minimum atomic E-state index is -0.185. The molecule has 20 heavy (non-hydrogen) atoms. The van der Waals surface area contributed by atoms with Crippen LogP contribution in [0.5, 0.6) is 5.75 Å². The molecular formula is C14H14ClN3O2. The molecule has 0 saturated carbocycles. The van der Waals surface area contributed by atoms with Crippen LogP contribution in [0.1, 0.15) is 6.42 Å². The van der Waals surface area contributed by atoms with Gasteiger partial charge in [0.2, 0.25) is 5.91 Å². The molecule has 5 nitrogen and oxygen atoms in total. The average molecular weight is 292 g/mol. The highest BCUT2D eigenvalue weighted by Crippen LogP contribution is 2.13. The van der Waals surface area contributed by atoms with Crippen LogP contribution in [-0.4, -0.2) is 17.5 Å². The fourth-order valence-corrected chi connectivity index (χ4v) is 1.67. The summed E-state index contributed by atoms with van der Waals surface area (Å²) in [6.07, 6.45) is 0.221. The number of hydrogen-bond donors (Lipinski definition) is 2. The molecule has 0 atom stereocenters. The minimum Gasteiger partial charge on any atom is -0.493 e. The summed E-state index contributed by atoms with van der Waals surface area (Å²) < 4.78 is 5.43. The number of carbonyl (C=O) groups is 1. The predicted molar refractivity (Wildman–Crippen MR) is 78.8 cm³/mol. The summed E-state index contributed by atoms with van der Waals surface area (Å²) in [6.45, 7) is 0.274. The number of nitrogens with two attached hydrogens (primary N) is 1. The molecule has 1 amide bonds. The van der Waals surface area contributed by atoms with Gasteiger partial charge in [0.1, 0.15) is 16.7 Å². The third kappa shape index (κ3) is 4.44. The van der Waals surface area contributed by atoms with Crippen LogP contribution < -0.4 is 15.8 Å². The monoisotopic (exact) mass is 291 g/mol. The number of pyridine rings is 1. The molecule has 2 aromatic rings. The first-order valence-corrected chi connectivity index (χ1v) is 6.42. The number of nitrogens with zero attached hydrogens (tertiary/aromatic N) is 1. The molecule has 0 aliphatic heterocycles. The van der Waals surface area contributed by atoms with Crippen LogP contribution in [0.3, 0.4) is 0 Å². The lowest BCUT2D eigenvalue weighted by Crippen LogP contribution is -2.15. The highest BCUT2D eigenvalue weighted by molar-refractivity contribution is 6.29. The molecule has 0 saturated heterocycles. The van der Waals surface area contributed by atoms with Gasteiger partial charge in [-0.2, -0.15) is 0 Å². The second kappa shape index (κ2) is 6.77. The van der Waals surface area contributed by atoms with Crippen LogP contribution in [-0.2, 0) is 4.79 Å². The van der Waals surface area contributed by atoms with Crippen molar-refractivity contribution in [3.05, 3.63) is 47.6 Å². The Balaban J connectivity index is 1.76. The van der Waals surface area contributed by atoms with Crippen LogP contribution in [0.15, 0.2) is 42.5 Å². The number of anilines is 2. The van der Waals surface area contributed by atoms with Crippen LogP contribution in [0.4, 0.5) is 11.5 Å². The molecule has 6 heteroatoms. The molecule has 0 radical (unpaired) electrons. The van der Waals surface area contributed by atoms with Crippen LogP contribution in [0, 0.1) is 0 Å². The first kappa shape index (κ1) is 14.1. The smallest absolute Gasteiger partial charge is 0.228 e. The lowest BCUT2D eigenvalue weighted by atomic mass is 10.3. The Morgan fingerprint density at radius 1 is 1.25 bits per heavy atom. The highest BCUT2D eigenvalue weighted by Gasteiger charge is 2.04. The molecular weight excluding hydrogens is 278 g/mol. The van der Waals surface area contributed by atoms with Crippen molar-refractivity contribution in [2.24, 2.45) is 0 Å². The summed E-state index contributed by atoms with van der Waals surface area (Å²) >= 11 is 5.73. The number of amides is 1. The average Bonchev–Trinajstić information content (AvgIpc) is 2.41. The van der Waals surface area contributed by atoms with E-state index >= 15 is 0 Å². The van der Waals surface area contributed by atoms with E-state index in [2.05, 4.69) is 10.3 Å². The molecule has 3 N–H and O–H groups in total. The topological polar surface area (TPSA) is 77.2 Å².